The summed E-state index contributed by atoms with van der Waals surface area (Å²) in [7, 11) is 0. The Bertz CT molecular complexity index is 1080. The highest BCUT2D eigenvalue weighted by Crippen LogP contribution is 2.45. The number of nitrogens with one attached hydrogen (secondary N) is 1. The van der Waals surface area contributed by atoms with E-state index in [9.17, 15) is 13.6 Å². The lowest BCUT2D eigenvalue weighted by Gasteiger charge is -2.12. The van der Waals surface area contributed by atoms with Crippen molar-refractivity contribution in [2.45, 2.75) is 26.2 Å². The minimum absolute atomic E-state index is 0.125. The normalized spacial score (nSPS) is 14.3. The third-order valence-corrected chi connectivity index (χ3v) is 4.54. The minimum atomic E-state index is -3.74. The van der Waals surface area contributed by atoms with Crippen LogP contribution in [0.25, 0.3) is 11.3 Å². The summed E-state index contributed by atoms with van der Waals surface area (Å²) in [5.74, 6) is -0.399. The molecule has 1 amide bonds. The first-order valence-electron chi connectivity index (χ1n) is 8.63. The Kier molecular flexibility index (Phi) is 4.62. The first kappa shape index (κ1) is 19.1. The highest BCUT2D eigenvalue weighted by atomic mass is 35.5. The number of alkyl halides is 2. The number of aromatic nitrogens is 3. The molecule has 3 heterocycles. The molecule has 10 heteroatoms. The molecular formula is C19H15ClF2N4O3. The second kappa shape index (κ2) is 7.00. The molecule has 29 heavy (non-hydrogen) atoms. The molecule has 1 aliphatic rings. The average molecular weight is 421 g/mol. The van der Waals surface area contributed by atoms with E-state index in [0.29, 0.717) is 17.0 Å². The third-order valence-electron chi connectivity index (χ3n) is 4.23. The van der Waals surface area contributed by atoms with E-state index < -0.39 is 6.29 Å². The smallest absolute Gasteiger partial charge is 0.395 e. The Morgan fingerprint density at radius 3 is 2.59 bits per heavy atom. The third kappa shape index (κ3) is 3.73. The Balaban J connectivity index is 1.55. The van der Waals surface area contributed by atoms with Gasteiger partial charge >= 0.3 is 6.29 Å². The predicted octanol–water partition coefficient (Wildman–Crippen LogP) is 4.75. The van der Waals surface area contributed by atoms with Crippen LogP contribution in [0.15, 0.2) is 42.9 Å². The highest BCUT2D eigenvalue weighted by molar-refractivity contribution is 6.33. The van der Waals surface area contributed by atoms with E-state index >= 15 is 0 Å². The molecule has 7 nitrogen and oxygen atoms in total. The number of rotatable bonds is 4. The molecule has 0 saturated carbocycles. The van der Waals surface area contributed by atoms with Gasteiger partial charge in [0.1, 0.15) is 5.69 Å². The Morgan fingerprint density at radius 1 is 1.21 bits per heavy atom. The number of anilines is 1. The van der Waals surface area contributed by atoms with Gasteiger partial charge in [-0.15, -0.1) is 8.78 Å². The lowest BCUT2D eigenvalue weighted by molar-refractivity contribution is -0.286. The lowest BCUT2D eigenvalue weighted by atomic mass is 10.1. The van der Waals surface area contributed by atoms with E-state index in [2.05, 4.69) is 24.8 Å². The van der Waals surface area contributed by atoms with E-state index in [1.165, 1.54) is 24.5 Å². The number of fused-ring (bicyclic) bond motifs is 1. The first-order chi connectivity index (χ1) is 13.7. The first-order valence-corrected chi connectivity index (χ1v) is 9.01. The summed E-state index contributed by atoms with van der Waals surface area (Å²) in [5.41, 5.74) is 1.15. The van der Waals surface area contributed by atoms with Gasteiger partial charge in [0.2, 0.25) is 0 Å². The van der Waals surface area contributed by atoms with Gasteiger partial charge < -0.3 is 19.4 Å². The maximum atomic E-state index is 13.2. The van der Waals surface area contributed by atoms with Crippen LogP contribution in [0.1, 0.15) is 30.4 Å². The number of ether oxygens (including phenoxy) is 2. The van der Waals surface area contributed by atoms with Crippen molar-refractivity contribution in [1.82, 2.24) is 14.5 Å². The Morgan fingerprint density at radius 2 is 1.93 bits per heavy atom. The summed E-state index contributed by atoms with van der Waals surface area (Å²) >= 11 is 6.15. The maximum Gasteiger partial charge on any atom is 0.586 e. The van der Waals surface area contributed by atoms with Gasteiger partial charge in [0.25, 0.3) is 5.91 Å². The summed E-state index contributed by atoms with van der Waals surface area (Å²) in [4.78, 5) is 20.8. The standard InChI is InChI=1S/C19H15ClF2N4O3/c1-10(2)26-5-3-4-14(26)18(27)25-17-9-23-13(8-24-17)11-6-15-16(7-12(11)20)29-19(21,22)28-15/h3-10H,1-2H3,(H,24,25,27). The van der Waals surface area contributed by atoms with Gasteiger partial charge in [0.05, 0.1) is 23.1 Å². The Labute approximate surface area is 169 Å². The monoisotopic (exact) mass is 420 g/mol. The average Bonchev–Trinajstić information content (AvgIpc) is 3.25. The SMILES string of the molecule is CC(C)n1cccc1C(=O)Nc1cnc(-c2cc3c(cc2Cl)OC(F)(F)O3)cn1. The fraction of sp³-hybridized carbons (Fsp3) is 0.211. The van der Waals surface area contributed by atoms with Gasteiger partial charge in [0, 0.05) is 23.9 Å². The Hall–Kier alpha value is -3.20. The number of benzene rings is 1. The van der Waals surface area contributed by atoms with Crippen LogP contribution in [-0.4, -0.2) is 26.7 Å². The number of carbonyl (C=O) groups is 1. The van der Waals surface area contributed by atoms with Gasteiger partial charge in [-0.3, -0.25) is 9.78 Å². The zero-order valence-electron chi connectivity index (χ0n) is 15.3. The van der Waals surface area contributed by atoms with Crippen LogP contribution in [0.2, 0.25) is 5.02 Å². The summed E-state index contributed by atoms with van der Waals surface area (Å²) in [6, 6.07) is 6.15. The van der Waals surface area contributed by atoms with Crippen LogP contribution in [0.5, 0.6) is 11.5 Å². The van der Waals surface area contributed by atoms with Gasteiger partial charge in [-0.2, -0.15) is 0 Å². The molecule has 0 unspecified atom stereocenters. The van der Waals surface area contributed by atoms with Crippen LogP contribution in [-0.2, 0) is 0 Å². The van der Waals surface area contributed by atoms with Crippen molar-refractivity contribution in [1.29, 1.82) is 0 Å². The predicted molar refractivity (Wildman–Crippen MR) is 101 cm³/mol. The fourth-order valence-corrected chi connectivity index (χ4v) is 3.17. The summed E-state index contributed by atoms with van der Waals surface area (Å²) < 4.78 is 37.1. The molecular weight excluding hydrogens is 406 g/mol. The molecule has 4 rings (SSSR count). The quantitative estimate of drug-likeness (QED) is 0.658. The lowest BCUT2D eigenvalue weighted by Crippen LogP contribution is -2.25. The molecule has 3 aromatic rings. The van der Waals surface area contributed by atoms with Crippen LogP contribution >= 0.6 is 11.6 Å². The van der Waals surface area contributed by atoms with E-state index in [-0.39, 0.29) is 34.3 Å². The topological polar surface area (TPSA) is 78.3 Å². The van der Waals surface area contributed by atoms with E-state index in [1.54, 1.807) is 12.1 Å². The van der Waals surface area contributed by atoms with Crippen LogP contribution in [0.4, 0.5) is 14.6 Å². The van der Waals surface area contributed by atoms with Crippen molar-refractivity contribution in [3.63, 3.8) is 0 Å². The molecule has 0 atom stereocenters. The molecule has 0 radical (unpaired) electrons. The molecule has 2 aromatic heterocycles. The van der Waals surface area contributed by atoms with E-state index in [0.717, 1.165) is 0 Å². The van der Waals surface area contributed by atoms with Crippen molar-refractivity contribution >= 4 is 23.3 Å². The minimum Gasteiger partial charge on any atom is -0.395 e. The zero-order chi connectivity index (χ0) is 20.8. The van der Waals surface area contributed by atoms with Crippen molar-refractivity contribution in [2.75, 3.05) is 5.32 Å². The van der Waals surface area contributed by atoms with Crippen LogP contribution in [0.3, 0.4) is 0 Å². The highest BCUT2D eigenvalue weighted by Gasteiger charge is 2.43. The zero-order valence-corrected chi connectivity index (χ0v) is 16.1. The van der Waals surface area contributed by atoms with Crippen molar-refractivity contribution in [2.24, 2.45) is 0 Å². The van der Waals surface area contributed by atoms with Crippen molar-refractivity contribution in [3.8, 4) is 22.8 Å². The number of carbonyl (C=O) groups excluding carboxylic acids is 1. The number of hydrogen-bond acceptors (Lipinski definition) is 5. The molecule has 150 valence electrons. The van der Waals surface area contributed by atoms with E-state index in [4.69, 9.17) is 11.6 Å². The maximum absolute atomic E-state index is 13.2. The molecule has 0 fully saturated rings. The summed E-state index contributed by atoms with van der Waals surface area (Å²) in [6.07, 6.45) is 0.807. The number of nitrogens with zero attached hydrogens (tertiary/aromatic N) is 3. The van der Waals surface area contributed by atoms with Crippen molar-refractivity contribution < 1.29 is 23.0 Å². The van der Waals surface area contributed by atoms with E-state index in [1.807, 2.05) is 24.6 Å². The summed E-state index contributed by atoms with van der Waals surface area (Å²) in [5, 5.41) is 2.82. The number of halogens is 3. The molecule has 1 aliphatic heterocycles. The second-order valence-corrected chi connectivity index (χ2v) is 6.99. The van der Waals surface area contributed by atoms with Crippen LogP contribution < -0.4 is 14.8 Å². The molecule has 0 saturated heterocycles. The number of amides is 1. The number of hydrogen-bond donors (Lipinski definition) is 1. The molecule has 0 aliphatic carbocycles. The van der Waals surface area contributed by atoms with Gasteiger partial charge in [-0.05, 0) is 32.0 Å². The van der Waals surface area contributed by atoms with Crippen LogP contribution in [0, 0.1) is 0 Å². The molecule has 1 aromatic carbocycles. The molecule has 1 N–H and O–H groups in total. The van der Waals surface area contributed by atoms with Gasteiger partial charge in [0.15, 0.2) is 17.3 Å². The van der Waals surface area contributed by atoms with Gasteiger partial charge in [-0.25, -0.2) is 4.98 Å². The largest absolute Gasteiger partial charge is 0.586 e. The summed E-state index contributed by atoms with van der Waals surface area (Å²) in [6.45, 7) is 3.94. The molecule has 0 spiro atoms. The van der Waals surface area contributed by atoms with Crippen molar-refractivity contribution in [3.05, 3.63) is 53.6 Å². The molecule has 0 bridgehead atoms. The second-order valence-electron chi connectivity index (χ2n) is 6.58. The van der Waals surface area contributed by atoms with Gasteiger partial charge in [-0.1, -0.05) is 11.6 Å². The fourth-order valence-electron chi connectivity index (χ4n) is 2.92.